The largest absolute Gasteiger partial charge is 0.366 e. The van der Waals surface area contributed by atoms with Crippen LogP contribution < -0.4 is 10.5 Å². The van der Waals surface area contributed by atoms with Crippen LogP contribution in [0, 0.1) is 0 Å². The van der Waals surface area contributed by atoms with E-state index in [1.807, 2.05) is 29.2 Å². The standard InChI is InChI=1S/C18H18ClF2N5O2/c19-17-14(9-22-26(18(17)27)11-16(20)21)25-7-5-24(6-8-25)10-13-12-3-1-2-4-15(12)28-23-13/h1-4,9,16H,5-8,10-11H2. The Morgan fingerprint density at radius 1 is 1.18 bits per heavy atom. The minimum Gasteiger partial charge on any atom is -0.366 e. The number of hydrogen-bond acceptors (Lipinski definition) is 6. The van der Waals surface area contributed by atoms with E-state index >= 15 is 0 Å². The highest BCUT2D eigenvalue weighted by molar-refractivity contribution is 6.33. The second-order valence-electron chi connectivity index (χ2n) is 6.61. The van der Waals surface area contributed by atoms with Gasteiger partial charge in [0, 0.05) is 38.1 Å². The summed E-state index contributed by atoms with van der Waals surface area (Å²) < 4.78 is 31.1. The first kappa shape index (κ1) is 18.8. The summed E-state index contributed by atoms with van der Waals surface area (Å²) in [4.78, 5) is 16.3. The molecule has 1 saturated heterocycles. The Bertz CT molecular complexity index is 1030. The molecule has 0 spiro atoms. The summed E-state index contributed by atoms with van der Waals surface area (Å²) in [6, 6.07) is 7.72. The second-order valence-corrected chi connectivity index (χ2v) is 6.99. The van der Waals surface area contributed by atoms with Crippen LogP contribution in [0.25, 0.3) is 11.0 Å². The molecule has 0 saturated carbocycles. The Kier molecular flexibility index (Phi) is 5.27. The van der Waals surface area contributed by atoms with Crippen molar-refractivity contribution in [3.8, 4) is 0 Å². The van der Waals surface area contributed by atoms with Gasteiger partial charge in [0.25, 0.3) is 12.0 Å². The molecule has 1 fully saturated rings. The van der Waals surface area contributed by atoms with Gasteiger partial charge in [-0.1, -0.05) is 28.9 Å². The molecule has 0 amide bonds. The van der Waals surface area contributed by atoms with Crippen molar-refractivity contribution in [1.82, 2.24) is 19.8 Å². The molecule has 1 aliphatic heterocycles. The van der Waals surface area contributed by atoms with E-state index in [0.717, 1.165) is 29.8 Å². The molecule has 148 valence electrons. The van der Waals surface area contributed by atoms with Gasteiger partial charge in [-0.15, -0.1) is 0 Å². The highest BCUT2D eigenvalue weighted by Crippen LogP contribution is 2.24. The van der Waals surface area contributed by atoms with Crippen LogP contribution in [0.5, 0.6) is 0 Å². The predicted octanol–water partition coefficient (Wildman–Crippen LogP) is 2.63. The molecule has 10 heteroatoms. The SMILES string of the molecule is O=c1c(Cl)c(N2CCN(Cc3noc4ccccc34)CC2)cnn1CC(F)F. The van der Waals surface area contributed by atoms with Crippen molar-refractivity contribution in [3.63, 3.8) is 0 Å². The number of hydrogen-bond donors (Lipinski definition) is 0. The Morgan fingerprint density at radius 3 is 2.68 bits per heavy atom. The number of rotatable bonds is 5. The van der Waals surface area contributed by atoms with Crippen LogP contribution in [0.2, 0.25) is 5.02 Å². The predicted molar refractivity (Wildman–Crippen MR) is 101 cm³/mol. The van der Waals surface area contributed by atoms with E-state index < -0.39 is 18.5 Å². The van der Waals surface area contributed by atoms with Crippen molar-refractivity contribution in [2.24, 2.45) is 0 Å². The van der Waals surface area contributed by atoms with E-state index in [9.17, 15) is 13.6 Å². The zero-order valence-electron chi connectivity index (χ0n) is 14.9. The fourth-order valence-corrected chi connectivity index (χ4v) is 3.61. The maximum Gasteiger partial charge on any atom is 0.287 e. The number of fused-ring (bicyclic) bond motifs is 1. The first-order valence-electron chi connectivity index (χ1n) is 8.87. The zero-order chi connectivity index (χ0) is 19.7. The number of piperazine rings is 1. The van der Waals surface area contributed by atoms with Gasteiger partial charge in [-0.2, -0.15) is 5.10 Å². The highest BCUT2D eigenvalue weighted by atomic mass is 35.5. The average molecular weight is 410 g/mol. The van der Waals surface area contributed by atoms with Gasteiger partial charge < -0.3 is 9.42 Å². The van der Waals surface area contributed by atoms with Crippen LogP contribution in [0.4, 0.5) is 14.5 Å². The van der Waals surface area contributed by atoms with Crippen molar-refractivity contribution in [2.45, 2.75) is 19.5 Å². The fourth-order valence-electron chi connectivity index (χ4n) is 3.35. The Labute approximate surface area is 164 Å². The van der Waals surface area contributed by atoms with Gasteiger partial charge in [0.05, 0.1) is 11.9 Å². The molecule has 2 aromatic heterocycles. The van der Waals surface area contributed by atoms with E-state index in [2.05, 4.69) is 15.2 Å². The van der Waals surface area contributed by atoms with Crippen molar-refractivity contribution >= 4 is 28.3 Å². The monoisotopic (exact) mass is 409 g/mol. The first-order valence-corrected chi connectivity index (χ1v) is 9.25. The van der Waals surface area contributed by atoms with E-state index in [4.69, 9.17) is 16.1 Å². The number of anilines is 1. The molecule has 1 aliphatic rings. The van der Waals surface area contributed by atoms with Gasteiger partial charge in [-0.3, -0.25) is 9.69 Å². The van der Waals surface area contributed by atoms with Crippen molar-refractivity contribution in [2.75, 3.05) is 31.1 Å². The molecule has 0 unspecified atom stereocenters. The lowest BCUT2D eigenvalue weighted by Crippen LogP contribution is -2.46. The summed E-state index contributed by atoms with van der Waals surface area (Å²) in [6.07, 6.45) is -1.28. The topological polar surface area (TPSA) is 67.4 Å². The van der Waals surface area contributed by atoms with Crippen LogP contribution >= 0.6 is 11.6 Å². The van der Waals surface area contributed by atoms with Gasteiger partial charge in [0.2, 0.25) is 0 Å². The first-order chi connectivity index (χ1) is 13.5. The Balaban J connectivity index is 1.43. The smallest absolute Gasteiger partial charge is 0.287 e. The molecule has 3 heterocycles. The van der Waals surface area contributed by atoms with Crippen molar-refractivity contribution in [1.29, 1.82) is 0 Å². The maximum absolute atomic E-state index is 12.5. The van der Waals surface area contributed by atoms with Crippen LogP contribution in [0.15, 0.2) is 39.8 Å². The summed E-state index contributed by atoms with van der Waals surface area (Å²) in [5, 5.41) is 8.91. The van der Waals surface area contributed by atoms with Crippen molar-refractivity contribution in [3.05, 3.63) is 51.5 Å². The lowest BCUT2D eigenvalue weighted by molar-refractivity contribution is 0.119. The number of para-hydroxylation sites is 1. The quantitative estimate of drug-likeness (QED) is 0.645. The van der Waals surface area contributed by atoms with Crippen LogP contribution in [-0.4, -0.2) is 52.4 Å². The van der Waals surface area contributed by atoms with Crippen molar-refractivity contribution < 1.29 is 13.3 Å². The van der Waals surface area contributed by atoms with Crippen LogP contribution in [-0.2, 0) is 13.1 Å². The molecular formula is C18H18ClF2N5O2. The number of halogens is 3. The van der Waals surface area contributed by atoms with Gasteiger partial charge in [0.15, 0.2) is 5.58 Å². The highest BCUT2D eigenvalue weighted by Gasteiger charge is 2.23. The molecule has 0 N–H and O–H groups in total. The molecule has 0 radical (unpaired) electrons. The zero-order valence-corrected chi connectivity index (χ0v) is 15.6. The van der Waals surface area contributed by atoms with Gasteiger partial charge in [-0.25, -0.2) is 13.5 Å². The van der Waals surface area contributed by atoms with Gasteiger partial charge >= 0.3 is 0 Å². The maximum atomic E-state index is 12.5. The van der Waals surface area contributed by atoms with Gasteiger partial charge in [0.1, 0.15) is 17.3 Å². The molecule has 7 nitrogen and oxygen atoms in total. The van der Waals surface area contributed by atoms with E-state index in [1.54, 1.807) is 0 Å². The summed E-state index contributed by atoms with van der Waals surface area (Å²) in [5.41, 5.74) is 1.43. The molecule has 1 aromatic carbocycles. The minimum atomic E-state index is -2.66. The number of nitrogens with zero attached hydrogens (tertiary/aromatic N) is 5. The Morgan fingerprint density at radius 2 is 1.93 bits per heavy atom. The van der Waals surface area contributed by atoms with Crippen LogP contribution in [0.1, 0.15) is 5.69 Å². The molecular weight excluding hydrogens is 392 g/mol. The van der Waals surface area contributed by atoms with E-state index in [-0.39, 0.29) is 5.02 Å². The van der Waals surface area contributed by atoms with Gasteiger partial charge in [-0.05, 0) is 12.1 Å². The summed E-state index contributed by atoms with van der Waals surface area (Å²) in [6.45, 7) is 2.63. The number of alkyl halides is 2. The average Bonchev–Trinajstić information content (AvgIpc) is 3.09. The molecule has 28 heavy (non-hydrogen) atoms. The molecule has 4 rings (SSSR count). The third-order valence-electron chi connectivity index (χ3n) is 4.82. The third kappa shape index (κ3) is 3.72. The van der Waals surface area contributed by atoms with E-state index in [1.165, 1.54) is 6.20 Å². The summed E-state index contributed by atoms with van der Waals surface area (Å²) in [5.74, 6) is 0. The number of aromatic nitrogens is 3. The summed E-state index contributed by atoms with van der Waals surface area (Å²) >= 11 is 6.14. The molecule has 0 bridgehead atoms. The lowest BCUT2D eigenvalue weighted by atomic mass is 10.2. The van der Waals surface area contributed by atoms with Crippen LogP contribution in [0.3, 0.4) is 0 Å². The number of benzene rings is 1. The second kappa shape index (κ2) is 7.84. The minimum absolute atomic E-state index is 0.0772. The van der Waals surface area contributed by atoms with E-state index in [0.29, 0.717) is 30.0 Å². The lowest BCUT2D eigenvalue weighted by Gasteiger charge is -2.35. The fraction of sp³-hybridized carbons (Fsp3) is 0.389. The molecule has 3 aromatic rings. The summed E-state index contributed by atoms with van der Waals surface area (Å²) in [7, 11) is 0. The molecule has 0 aliphatic carbocycles. The Hall–Kier alpha value is -2.52. The molecule has 0 atom stereocenters. The third-order valence-corrected chi connectivity index (χ3v) is 5.17. The normalized spacial score (nSPS) is 15.6.